The maximum Gasteiger partial charge on any atom is 0.308 e. The van der Waals surface area contributed by atoms with E-state index < -0.39 is 5.97 Å². The molecular formula is C27H38N2O3. The van der Waals surface area contributed by atoms with Crippen molar-refractivity contribution in [2.75, 3.05) is 26.7 Å². The highest BCUT2D eigenvalue weighted by Gasteiger charge is 2.34. The van der Waals surface area contributed by atoms with Crippen molar-refractivity contribution < 1.29 is 14.6 Å². The van der Waals surface area contributed by atoms with Gasteiger partial charge in [-0.05, 0) is 86.9 Å². The number of carboxylic acid groups (broad SMARTS) is 1. The number of ether oxygens (including phenoxy) is 1. The molecule has 0 spiro atoms. The molecule has 2 aliphatic rings. The lowest BCUT2D eigenvalue weighted by atomic mass is 9.81. The fraction of sp³-hybridized carbons (Fsp3) is 0.630. The fourth-order valence-corrected chi connectivity index (χ4v) is 5.82. The van der Waals surface area contributed by atoms with Crippen LogP contribution in [0.1, 0.15) is 63.4 Å². The Hall–Kier alpha value is -2.14. The maximum absolute atomic E-state index is 12.0. The number of likely N-dealkylation sites (tertiary alicyclic amines) is 1. The van der Waals surface area contributed by atoms with Crippen molar-refractivity contribution in [3.63, 3.8) is 0 Å². The smallest absolute Gasteiger partial charge is 0.308 e. The summed E-state index contributed by atoms with van der Waals surface area (Å²) >= 11 is 0. The van der Waals surface area contributed by atoms with Gasteiger partial charge < -0.3 is 14.7 Å². The highest BCUT2D eigenvalue weighted by molar-refractivity contribution is 5.83. The quantitative estimate of drug-likeness (QED) is 0.555. The molecule has 1 aromatic carbocycles. The van der Waals surface area contributed by atoms with Crippen molar-refractivity contribution >= 4 is 16.9 Å². The molecule has 5 nitrogen and oxygen atoms in total. The fourth-order valence-electron chi connectivity index (χ4n) is 5.82. The average Bonchev–Trinajstić information content (AvgIpc) is 2.83. The second kappa shape index (κ2) is 11.1. The first-order valence-electron chi connectivity index (χ1n) is 12.5. The van der Waals surface area contributed by atoms with Crippen molar-refractivity contribution in [3.05, 3.63) is 36.0 Å². The SMILES string of the molecule is COc1ccc2nccc(CCC[C@@H]3CCN(CCC4CCCCC4)C[C@@H]3C(=O)O)c2c1. The van der Waals surface area contributed by atoms with Gasteiger partial charge in [0.05, 0.1) is 18.5 Å². The Morgan fingerprint density at radius 3 is 2.78 bits per heavy atom. The summed E-state index contributed by atoms with van der Waals surface area (Å²) in [6.45, 7) is 2.85. The van der Waals surface area contributed by atoms with E-state index in [4.69, 9.17) is 4.74 Å². The summed E-state index contributed by atoms with van der Waals surface area (Å²) in [4.78, 5) is 18.9. The maximum atomic E-state index is 12.0. The zero-order chi connectivity index (χ0) is 22.3. The highest BCUT2D eigenvalue weighted by atomic mass is 16.5. The summed E-state index contributed by atoms with van der Waals surface area (Å²) in [6.07, 6.45) is 13.9. The predicted octanol–water partition coefficient (Wildman–Crippen LogP) is 5.56. The lowest BCUT2D eigenvalue weighted by molar-refractivity contribution is -0.146. The molecule has 174 valence electrons. The van der Waals surface area contributed by atoms with Gasteiger partial charge >= 0.3 is 5.97 Å². The van der Waals surface area contributed by atoms with E-state index >= 15 is 0 Å². The molecule has 1 saturated carbocycles. The molecule has 1 aliphatic heterocycles. The second-order valence-corrected chi connectivity index (χ2v) is 9.83. The first-order chi connectivity index (χ1) is 15.6. The summed E-state index contributed by atoms with van der Waals surface area (Å²) in [5.74, 6) is 1.14. The minimum absolute atomic E-state index is 0.232. The van der Waals surface area contributed by atoms with Gasteiger partial charge in [0, 0.05) is 18.1 Å². The molecule has 2 aromatic rings. The first kappa shape index (κ1) is 23.0. The van der Waals surface area contributed by atoms with Gasteiger partial charge in [-0.15, -0.1) is 0 Å². The van der Waals surface area contributed by atoms with E-state index in [9.17, 15) is 9.90 Å². The number of carbonyl (C=O) groups is 1. The lowest BCUT2D eigenvalue weighted by Gasteiger charge is -2.37. The van der Waals surface area contributed by atoms with Crippen LogP contribution in [0, 0.1) is 17.8 Å². The number of pyridine rings is 1. The normalized spacial score (nSPS) is 22.8. The largest absolute Gasteiger partial charge is 0.497 e. The van der Waals surface area contributed by atoms with Gasteiger partial charge in [0.15, 0.2) is 0 Å². The van der Waals surface area contributed by atoms with Crippen LogP contribution in [0.15, 0.2) is 30.5 Å². The van der Waals surface area contributed by atoms with E-state index in [1.807, 2.05) is 18.3 Å². The van der Waals surface area contributed by atoms with Crippen LogP contribution in [0.2, 0.25) is 0 Å². The molecule has 5 heteroatoms. The molecule has 1 aromatic heterocycles. The summed E-state index contributed by atoms with van der Waals surface area (Å²) in [7, 11) is 1.69. The van der Waals surface area contributed by atoms with Gasteiger partial charge in [-0.25, -0.2) is 0 Å². The molecule has 1 saturated heterocycles. The van der Waals surface area contributed by atoms with Crippen LogP contribution in [0.25, 0.3) is 10.9 Å². The zero-order valence-corrected chi connectivity index (χ0v) is 19.5. The van der Waals surface area contributed by atoms with Crippen molar-refractivity contribution in [1.82, 2.24) is 9.88 Å². The highest BCUT2D eigenvalue weighted by Crippen LogP contribution is 2.31. The van der Waals surface area contributed by atoms with E-state index in [1.54, 1.807) is 7.11 Å². The van der Waals surface area contributed by atoms with Crippen LogP contribution < -0.4 is 4.74 Å². The molecule has 2 atom stereocenters. The summed E-state index contributed by atoms with van der Waals surface area (Å²) in [5.41, 5.74) is 2.25. The van der Waals surface area contributed by atoms with E-state index in [0.717, 1.165) is 67.9 Å². The molecule has 2 fully saturated rings. The lowest BCUT2D eigenvalue weighted by Crippen LogP contribution is -2.44. The Labute approximate surface area is 192 Å². The van der Waals surface area contributed by atoms with Crippen LogP contribution in [0.4, 0.5) is 0 Å². The van der Waals surface area contributed by atoms with Gasteiger partial charge in [0.1, 0.15) is 5.75 Å². The Morgan fingerprint density at radius 2 is 2.00 bits per heavy atom. The number of hydrogen-bond acceptors (Lipinski definition) is 4. The Morgan fingerprint density at radius 1 is 1.16 bits per heavy atom. The molecule has 0 bridgehead atoms. The summed E-state index contributed by atoms with van der Waals surface area (Å²) in [5, 5.41) is 11.0. The second-order valence-electron chi connectivity index (χ2n) is 9.83. The number of piperidine rings is 1. The number of fused-ring (bicyclic) bond motifs is 1. The van der Waals surface area contributed by atoms with Crippen LogP contribution in [-0.2, 0) is 11.2 Å². The molecular weight excluding hydrogens is 400 g/mol. The van der Waals surface area contributed by atoms with Crippen molar-refractivity contribution in [2.24, 2.45) is 17.8 Å². The van der Waals surface area contributed by atoms with Crippen molar-refractivity contribution in [1.29, 1.82) is 0 Å². The number of aliphatic carboxylic acids is 1. The van der Waals surface area contributed by atoms with E-state index in [0.29, 0.717) is 0 Å². The number of aromatic nitrogens is 1. The molecule has 0 radical (unpaired) electrons. The van der Waals surface area contributed by atoms with Crippen LogP contribution in [-0.4, -0.2) is 47.7 Å². The first-order valence-corrected chi connectivity index (χ1v) is 12.5. The van der Waals surface area contributed by atoms with Gasteiger partial charge in [-0.1, -0.05) is 32.1 Å². The molecule has 1 aliphatic carbocycles. The van der Waals surface area contributed by atoms with Crippen LogP contribution >= 0.6 is 0 Å². The molecule has 32 heavy (non-hydrogen) atoms. The Balaban J connectivity index is 1.30. The number of nitrogens with zero attached hydrogens (tertiary/aromatic N) is 2. The average molecular weight is 439 g/mol. The number of carboxylic acids is 1. The monoisotopic (exact) mass is 438 g/mol. The molecule has 2 heterocycles. The van der Waals surface area contributed by atoms with E-state index in [-0.39, 0.29) is 11.8 Å². The third kappa shape index (κ3) is 5.80. The van der Waals surface area contributed by atoms with Gasteiger partial charge in [-0.2, -0.15) is 0 Å². The number of hydrogen-bond donors (Lipinski definition) is 1. The molecule has 4 rings (SSSR count). The number of benzene rings is 1. The predicted molar refractivity (Wildman–Crippen MR) is 128 cm³/mol. The zero-order valence-electron chi connectivity index (χ0n) is 19.5. The molecule has 1 N–H and O–H groups in total. The van der Waals surface area contributed by atoms with Gasteiger partial charge in [-0.3, -0.25) is 9.78 Å². The summed E-state index contributed by atoms with van der Waals surface area (Å²) in [6, 6.07) is 8.09. The number of aryl methyl sites for hydroxylation is 1. The topological polar surface area (TPSA) is 62.7 Å². The van der Waals surface area contributed by atoms with E-state index in [2.05, 4.69) is 22.0 Å². The van der Waals surface area contributed by atoms with Gasteiger partial charge in [0.2, 0.25) is 0 Å². The molecule has 0 unspecified atom stereocenters. The molecule has 0 amide bonds. The summed E-state index contributed by atoms with van der Waals surface area (Å²) < 4.78 is 5.39. The standard InChI is InChI=1S/C27H38N2O3/c1-32-23-10-11-26-24(18-23)21(12-15-28-26)8-5-9-22-14-17-29(19-25(22)27(30)31)16-13-20-6-3-2-4-7-20/h10-12,15,18,20,22,25H,2-9,13-14,16-17,19H2,1H3,(H,30,31)/t22-,25+/m1/s1. The van der Waals surface area contributed by atoms with E-state index in [1.165, 1.54) is 44.1 Å². The minimum Gasteiger partial charge on any atom is -0.497 e. The van der Waals surface area contributed by atoms with Crippen molar-refractivity contribution in [3.8, 4) is 5.75 Å². The van der Waals surface area contributed by atoms with Crippen LogP contribution in [0.5, 0.6) is 5.75 Å². The Kier molecular flexibility index (Phi) is 8.01. The third-order valence-corrected chi connectivity index (χ3v) is 7.80. The van der Waals surface area contributed by atoms with Crippen LogP contribution in [0.3, 0.4) is 0 Å². The minimum atomic E-state index is -0.614. The third-order valence-electron chi connectivity index (χ3n) is 7.80. The Bertz CT molecular complexity index is 894. The van der Waals surface area contributed by atoms with Crippen molar-refractivity contribution in [2.45, 2.75) is 64.2 Å². The number of rotatable bonds is 9. The van der Waals surface area contributed by atoms with Gasteiger partial charge in [0.25, 0.3) is 0 Å². The number of methoxy groups -OCH3 is 1.